The summed E-state index contributed by atoms with van der Waals surface area (Å²) in [4.78, 5) is 53.0. The van der Waals surface area contributed by atoms with Gasteiger partial charge in [0.15, 0.2) is 0 Å². The largest absolute Gasteiger partial charge is 0.496 e. The third-order valence-electron chi connectivity index (χ3n) is 7.23. The Kier molecular flexibility index (Phi) is 11.6. The average Bonchev–Trinajstić information content (AvgIpc) is 3.54. The summed E-state index contributed by atoms with van der Waals surface area (Å²) in [7, 11) is 2.83. The van der Waals surface area contributed by atoms with Crippen molar-refractivity contribution in [2.45, 2.75) is 11.8 Å². The summed E-state index contributed by atoms with van der Waals surface area (Å²) in [6.45, 7) is 1.98. The van der Waals surface area contributed by atoms with E-state index in [0.717, 1.165) is 16.0 Å². The lowest BCUT2D eigenvalue weighted by Gasteiger charge is -2.13. The van der Waals surface area contributed by atoms with Crippen molar-refractivity contribution < 1.29 is 28.7 Å². The molecule has 0 aliphatic heterocycles. The maximum absolute atomic E-state index is 13.6. The topological polar surface area (TPSA) is 123 Å². The third-order valence-corrected chi connectivity index (χ3v) is 9.11. The molecule has 49 heavy (non-hydrogen) atoms. The van der Waals surface area contributed by atoms with Crippen LogP contribution in [0.4, 0.5) is 10.7 Å². The van der Waals surface area contributed by atoms with E-state index in [0.29, 0.717) is 38.7 Å². The van der Waals surface area contributed by atoms with Crippen molar-refractivity contribution in [2.24, 2.45) is 0 Å². The molecule has 9 nitrogen and oxygen atoms in total. The maximum Gasteiger partial charge on any atom is 0.341 e. The quantitative estimate of drug-likeness (QED) is 0.0698. The van der Waals surface area contributed by atoms with Crippen molar-refractivity contribution in [3.05, 3.63) is 136 Å². The molecule has 0 radical (unpaired) electrons. The van der Waals surface area contributed by atoms with Gasteiger partial charge in [0, 0.05) is 32.7 Å². The summed E-state index contributed by atoms with van der Waals surface area (Å²) in [5.41, 5.74) is 4.39. The van der Waals surface area contributed by atoms with E-state index in [-0.39, 0.29) is 17.4 Å². The number of thioether (sulfide) groups is 1. The molecule has 0 saturated heterocycles. The minimum absolute atomic E-state index is 0.0122. The zero-order valence-electron chi connectivity index (χ0n) is 26.9. The fourth-order valence-electron chi connectivity index (χ4n) is 4.76. The van der Waals surface area contributed by atoms with E-state index < -0.39 is 17.8 Å². The highest BCUT2D eigenvalue weighted by Crippen LogP contribution is 2.36. The molecule has 4 aromatic carbocycles. The summed E-state index contributed by atoms with van der Waals surface area (Å²) in [6.07, 6.45) is 1.55. The molecule has 0 spiro atoms. The minimum atomic E-state index is -0.549. The minimum Gasteiger partial charge on any atom is -0.496 e. The number of hydrogen-bond donors (Lipinski definition) is 3. The van der Waals surface area contributed by atoms with E-state index in [2.05, 4.69) is 16.0 Å². The number of carbonyl (C=O) groups excluding carboxylic acids is 4. The number of esters is 1. The third kappa shape index (κ3) is 9.04. The molecule has 5 rings (SSSR count). The van der Waals surface area contributed by atoms with Gasteiger partial charge in [-0.05, 0) is 55.0 Å². The summed E-state index contributed by atoms with van der Waals surface area (Å²) >= 11 is 2.52. The van der Waals surface area contributed by atoms with Crippen molar-refractivity contribution in [3.63, 3.8) is 0 Å². The first kappa shape index (κ1) is 34.7. The van der Waals surface area contributed by atoms with E-state index >= 15 is 0 Å². The fourth-order valence-corrected chi connectivity index (χ4v) is 6.49. The number of carbonyl (C=O) groups is 4. The Labute approximate surface area is 292 Å². The van der Waals surface area contributed by atoms with Gasteiger partial charge in [0.05, 0.1) is 20.0 Å². The van der Waals surface area contributed by atoms with E-state index in [1.54, 1.807) is 72.8 Å². The van der Waals surface area contributed by atoms with Crippen molar-refractivity contribution in [1.82, 2.24) is 5.32 Å². The molecule has 0 aliphatic carbocycles. The molecule has 0 saturated carbocycles. The number of rotatable bonds is 12. The predicted octanol–water partition coefficient (Wildman–Crippen LogP) is 7.66. The van der Waals surface area contributed by atoms with Crippen LogP contribution >= 0.6 is 23.1 Å². The molecule has 0 bridgehead atoms. The van der Waals surface area contributed by atoms with E-state index in [4.69, 9.17) is 9.47 Å². The number of anilines is 2. The highest BCUT2D eigenvalue weighted by molar-refractivity contribution is 8.00. The molecule has 3 N–H and O–H groups in total. The molecule has 1 heterocycles. The van der Waals surface area contributed by atoms with E-state index in [1.165, 1.54) is 37.3 Å². The second-order valence-corrected chi connectivity index (χ2v) is 12.6. The Hall–Kier alpha value is -5.65. The Bertz CT molecular complexity index is 2010. The highest BCUT2D eigenvalue weighted by atomic mass is 32.2. The molecule has 0 unspecified atom stereocenters. The molecule has 248 valence electrons. The summed E-state index contributed by atoms with van der Waals surface area (Å²) in [5.74, 6) is -1.27. The van der Waals surface area contributed by atoms with Crippen LogP contribution < -0.4 is 20.7 Å². The molecule has 0 aliphatic rings. The highest BCUT2D eigenvalue weighted by Gasteiger charge is 2.22. The van der Waals surface area contributed by atoms with Crippen molar-refractivity contribution in [1.29, 1.82) is 0 Å². The fraction of sp³-hybridized carbons (Fsp3) is 0.105. The first-order valence-corrected chi connectivity index (χ1v) is 16.9. The van der Waals surface area contributed by atoms with Gasteiger partial charge in [-0.25, -0.2) is 4.79 Å². The lowest BCUT2D eigenvalue weighted by molar-refractivity contribution is -0.114. The molecule has 3 amide bonds. The molecule has 0 fully saturated rings. The van der Waals surface area contributed by atoms with Gasteiger partial charge >= 0.3 is 5.97 Å². The van der Waals surface area contributed by atoms with Crippen LogP contribution in [-0.2, 0) is 14.3 Å². The van der Waals surface area contributed by atoms with Crippen LogP contribution in [0.25, 0.3) is 17.2 Å². The van der Waals surface area contributed by atoms with Crippen LogP contribution in [0.5, 0.6) is 5.75 Å². The lowest BCUT2D eigenvalue weighted by Crippen LogP contribution is -2.30. The number of nitrogens with one attached hydrogen (secondary N) is 3. The first-order chi connectivity index (χ1) is 23.7. The van der Waals surface area contributed by atoms with Crippen molar-refractivity contribution in [2.75, 3.05) is 30.6 Å². The van der Waals surface area contributed by atoms with Crippen LogP contribution in [0, 0.1) is 6.92 Å². The van der Waals surface area contributed by atoms with Gasteiger partial charge in [-0.1, -0.05) is 72.3 Å². The SMILES string of the molecule is COC(=O)c1c(-c2ccc(C)cc2)csc1NC(=O)CSc1cccc(NC(=O)/C(=C\c2ccccc2OC)NC(=O)c2ccccc2)c1. The van der Waals surface area contributed by atoms with Gasteiger partial charge in [-0.15, -0.1) is 23.1 Å². The molecule has 1 aromatic heterocycles. The number of aryl methyl sites for hydroxylation is 1. The number of ether oxygens (including phenoxy) is 2. The molecule has 0 atom stereocenters. The smallest absolute Gasteiger partial charge is 0.341 e. The first-order valence-electron chi connectivity index (χ1n) is 15.1. The molecule has 11 heteroatoms. The number of benzene rings is 4. The van der Waals surface area contributed by atoms with E-state index in [9.17, 15) is 19.2 Å². The lowest BCUT2D eigenvalue weighted by atomic mass is 10.0. The van der Waals surface area contributed by atoms with Gasteiger partial charge in [-0.2, -0.15) is 0 Å². The maximum atomic E-state index is 13.6. The summed E-state index contributed by atoms with van der Waals surface area (Å²) < 4.78 is 10.5. The van der Waals surface area contributed by atoms with Crippen LogP contribution in [0.3, 0.4) is 0 Å². The number of hydrogen-bond acceptors (Lipinski definition) is 8. The Morgan fingerprint density at radius 3 is 2.31 bits per heavy atom. The van der Waals surface area contributed by atoms with E-state index in [1.807, 2.05) is 48.7 Å². The number of methoxy groups -OCH3 is 2. The van der Waals surface area contributed by atoms with Crippen molar-refractivity contribution in [3.8, 4) is 16.9 Å². The number of amides is 3. The number of thiophene rings is 1. The molecule has 5 aromatic rings. The monoisotopic (exact) mass is 691 g/mol. The van der Waals surface area contributed by atoms with Crippen LogP contribution in [0.15, 0.2) is 119 Å². The van der Waals surface area contributed by atoms with Crippen LogP contribution in [0.2, 0.25) is 0 Å². The Morgan fingerprint density at radius 2 is 1.57 bits per heavy atom. The van der Waals surface area contributed by atoms with Crippen LogP contribution in [0.1, 0.15) is 31.8 Å². The van der Waals surface area contributed by atoms with Gasteiger partial charge in [-0.3, -0.25) is 14.4 Å². The second kappa shape index (κ2) is 16.4. The van der Waals surface area contributed by atoms with Gasteiger partial charge < -0.3 is 25.4 Å². The summed E-state index contributed by atoms with van der Waals surface area (Å²) in [6, 6.07) is 30.5. The van der Waals surface area contributed by atoms with Crippen LogP contribution in [-0.4, -0.2) is 43.7 Å². The molecular weight excluding hydrogens is 659 g/mol. The Morgan fingerprint density at radius 1 is 0.837 bits per heavy atom. The Balaban J connectivity index is 1.28. The second-order valence-electron chi connectivity index (χ2n) is 10.7. The average molecular weight is 692 g/mol. The van der Waals surface area contributed by atoms with Gasteiger partial charge in [0.2, 0.25) is 5.91 Å². The normalized spacial score (nSPS) is 11.0. The van der Waals surface area contributed by atoms with Gasteiger partial charge in [0.25, 0.3) is 11.8 Å². The summed E-state index contributed by atoms with van der Waals surface area (Å²) in [5, 5.41) is 10.7. The predicted molar refractivity (Wildman–Crippen MR) is 195 cm³/mol. The van der Waals surface area contributed by atoms with Crippen molar-refractivity contribution >= 4 is 63.6 Å². The zero-order valence-corrected chi connectivity index (χ0v) is 28.6. The number of para-hydroxylation sites is 1. The zero-order chi connectivity index (χ0) is 34.8. The standard InChI is InChI=1S/C38H33N3O6S2/c1-24-16-18-25(19-17-24)30-22-49-37(34(30)38(45)47-3)41-33(42)23-48-29-14-9-13-28(21-29)39-36(44)31(20-27-12-7-8-15-32(27)46-2)40-35(43)26-10-5-4-6-11-26/h4-22H,23H2,1-3H3,(H,39,44)(H,40,43)(H,41,42)/b31-20+. The molecular formula is C38H33N3O6S2. The van der Waals surface area contributed by atoms with Gasteiger partial charge in [0.1, 0.15) is 22.0 Å².